The smallest absolute Gasteiger partial charge is 0.270 e. The number of carbonyl (C=O) groups is 3. The van der Waals surface area contributed by atoms with Gasteiger partial charge in [-0.1, -0.05) is 32.8 Å². The molecule has 2 fully saturated rings. The zero-order chi connectivity index (χ0) is 20.1. The molecule has 0 spiro atoms. The van der Waals surface area contributed by atoms with Gasteiger partial charge >= 0.3 is 0 Å². The Labute approximate surface area is 165 Å². The maximum atomic E-state index is 13.0. The van der Waals surface area contributed by atoms with Crippen molar-refractivity contribution in [3.8, 4) is 0 Å². The van der Waals surface area contributed by atoms with Crippen molar-refractivity contribution in [2.75, 3.05) is 6.61 Å². The quantitative estimate of drug-likeness (QED) is 0.746. The Hall–Kier alpha value is -2.28. The zero-order valence-corrected chi connectivity index (χ0v) is 16.6. The highest BCUT2D eigenvalue weighted by Crippen LogP contribution is 2.41. The van der Waals surface area contributed by atoms with Crippen LogP contribution < -0.4 is 10.6 Å². The fourth-order valence-corrected chi connectivity index (χ4v) is 4.23. The van der Waals surface area contributed by atoms with Crippen molar-refractivity contribution in [3.05, 3.63) is 30.1 Å². The van der Waals surface area contributed by atoms with Gasteiger partial charge in [0.25, 0.3) is 5.91 Å². The third kappa shape index (κ3) is 4.76. The molecule has 7 nitrogen and oxygen atoms in total. The van der Waals surface area contributed by atoms with Crippen LogP contribution in [0.2, 0.25) is 0 Å². The average Bonchev–Trinajstić information content (AvgIpc) is 3.28. The van der Waals surface area contributed by atoms with Crippen molar-refractivity contribution >= 4 is 17.6 Å². The predicted octanol–water partition coefficient (Wildman–Crippen LogP) is 2.01. The Kier molecular flexibility index (Phi) is 6.44. The minimum atomic E-state index is -0.719. The number of aromatic nitrogens is 1. The Bertz CT molecular complexity index is 716. The van der Waals surface area contributed by atoms with Gasteiger partial charge < -0.3 is 15.4 Å². The van der Waals surface area contributed by atoms with Crippen molar-refractivity contribution in [1.29, 1.82) is 0 Å². The minimum Gasteiger partial charge on any atom is -0.368 e. The SMILES string of the molecule is CC[C@@H]1OCC(=O)C1NC(=O)[C@H](CC1(C)CCCC1)NC(=O)c1ccccn1. The highest BCUT2D eigenvalue weighted by Gasteiger charge is 2.39. The van der Waals surface area contributed by atoms with Crippen molar-refractivity contribution < 1.29 is 19.1 Å². The largest absolute Gasteiger partial charge is 0.368 e. The van der Waals surface area contributed by atoms with Gasteiger partial charge in [-0.2, -0.15) is 0 Å². The summed E-state index contributed by atoms with van der Waals surface area (Å²) in [5, 5.41) is 5.67. The third-order valence-corrected chi connectivity index (χ3v) is 5.89. The second kappa shape index (κ2) is 8.82. The van der Waals surface area contributed by atoms with Gasteiger partial charge in [-0.05, 0) is 43.2 Å². The molecule has 3 atom stereocenters. The standard InChI is InChI=1S/C21H29N3O4/c1-3-17-18(16(25)13-28-17)24-20(27)15(12-21(2)9-5-6-10-21)23-19(26)14-8-4-7-11-22-14/h4,7-8,11,15,17-18H,3,5-6,9-10,12-13H2,1-2H3,(H,23,26)(H,24,27)/t15-,17-,18?/m0/s1. The van der Waals surface area contributed by atoms with Crippen LogP contribution in [0.3, 0.4) is 0 Å². The number of ether oxygens (including phenoxy) is 1. The van der Waals surface area contributed by atoms with Gasteiger partial charge in [0, 0.05) is 6.20 Å². The first-order valence-electron chi connectivity index (χ1n) is 10.1. The van der Waals surface area contributed by atoms with Crippen LogP contribution in [0, 0.1) is 5.41 Å². The molecule has 1 aliphatic heterocycles. The number of Topliss-reactive ketones (excluding diaryl/α,β-unsaturated/α-hetero) is 1. The van der Waals surface area contributed by atoms with Crippen LogP contribution in [0.4, 0.5) is 0 Å². The van der Waals surface area contributed by atoms with Crippen LogP contribution in [0.15, 0.2) is 24.4 Å². The van der Waals surface area contributed by atoms with E-state index in [9.17, 15) is 14.4 Å². The van der Waals surface area contributed by atoms with Gasteiger partial charge in [0.1, 0.15) is 24.4 Å². The summed E-state index contributed by atoms with van der Waals surface area (Å²) < 4.78 is 5.45. The van der Waals surface area contributed by atoms with Gasteiger partial charge in [0.05, 0.1) is 6.10 Å². The van der Waals surface area contributed by atoms with Crippen LogP contribution in [-0.4, -0.2) is 47.4 Å². The number of hydrogen-bond acceptors (Lipinski definition) is 5. The molecule has 152 valence electrons. The molecule has 1 aliphatic carbocycles. The average molecular weight is 387 g/mol. The highest BCUT2D eigenvalue weighted by atomic mass is 16.5. The first-order chi connectivity index (χ1) is 13.4. The molecule has 1 saturated carbocycles. The van der Waals surface area contributed by atoms with Crippen molar-refractivity contribution in [2.24, 2.45) is 5.41 Å². The maximum Gasteiger partial charge on any atom is 0.270 e. The van der Waals surface area contributed by atoms with Crippen molar-refractivity contribution in [2.45, 2.75) is 70.6 Å². The van der Waals surface area contributed by atoms with Crippen LogP contribution >= 0.6 is 0 Å². The topological polar surface area (TPSA) is 97.4 Å². The maximum absolute atomic E-state index is 13.0. The number of amides is 2. The predicted molar refractivity (Wildman–Crippen MR) is 104 cm³/mol. The lowest BCUT2D eigenvalue weighted by Crippen LogP contribution is -2.54. The highest BCUT2D eigenvalue weighted by molar-refractivity contribution is 5.98. The number of nitrogens with zero attached hydrogens (tertiary/aromatic N) is 1. The van der Waals surface area contributed by atoms with E-state index in [4.69, 9.17) is 4.74 Å². The summed E-state index contributed by atoms with van der Waals surface area (Å²) >= 11 is 0. The molecular formula is C21H29N3O4. The van der Waals surface area contributed by atoms with E-state index in [0.29, 0.717) is 12.8 Å². The zero-order valence-electron chi connectivity index (χ0n) is 16.6. The lowest BCUT2D eigenvalue weighted by atomic mass is 9.81. The summed E-state index contributed by atoms with van der Waals surface area (Å²) in [6.45, 7) is 4.10. The third-order valence-electron chi connectivity index (χ3n) is 5.89. The summed E-state index contributed by atoms with van der Waals surface area (Å²) in [5.41, 5.74) is 0.267. The summed E-state index contributed by atoms with van der Waals surface area (Å²) in [4.78, 5) is 41.8. The van der Waals surface area contributed by atoms with Gasteiger partial charge in [-0.3, -0.25) is 19.4 Å². The van der Waals surface area contributed by atoms with Crippen LogP contribution in [-0.2, 0) is 14.3 Å². The number of nitrogens with one attached hydrogen (secondary N) is 2. The molecular weight excluding hydrogens is 358 g/mol. The number of carbonyl (C=O) groups excluding carboxylic acids is 3. The van der Waals surface area contributed by atoms with Crippen molar-refractivity contribution in [3.63, 3.8) is 0 Å². The van der Waals surface area contributed by atoms with E-state index in [2.05, 4.69) is 22.5 Å². The van der Waals surface area contributed by atoms with Gasteiger partial charge in [0.15, 0.2) is 5.78 Å². The van der Waals surface area contributed by atoms with Crippen LogP contribution in [0.5, 0.6) is 0 Å². The Morgan fingerprint density at radius 2 is 2.07 bits per heavy atom. The molecule has 2 N–H and O–H groups in total. The second-order valence-corrected chi connectivity index (χ2v) is 8.17. The molecule has 0 aromatic carbocycles. The lowest BCUT2D eigenvalue weighted by molar-refractivity contribution is -0.128. The van der Waals surface area contributed by atoms with E-state index < -0.39 is 12.1 Å². The summed E-state index contributed by atoms with van der Waals surface area (Å²) in [6, 6.07) is 3.71. The molecule has 3 rings (SSSR count). The van der Waals surface area contributed by atoms with Crippen LogP contribution in [0.1, 0.15) is 62.9 Å². The monoisotopic (exact) mass is 387 g/mol. The number of rotatable bonds is 7. The number of pyridine rings is 1. The molecule has 1 saturated heterocycles. The number of ketones is 1. The first kappa shape index (κ1) is 20.5. The second-order valence-electron chi connectivity index (χ2n) is 8.17. The molecule has 0 radical (unpaired) electrons. The molecule has 2 heterocycles. The number of hydrogen-bond donors (Lipinski definition) is 2. The fourth-order valence-electron chi connectivity index (χ4n) is 4.23. The summed E-state index contributed by atoms with van der Waals surface area (Å²) in [6.07, 6.45) is 6.72. The van der Waals surface area contributed by atoms with E-state index in [-0.39, 0.29) is 41.4 Å². The van der Waals surface area contributed by atoms with E-state index in [1.807, 2.05) is 6.92 Å². The summed E-state index contributed by atoms with van der Waals surface area (Å²) in [7, 11) is 0. The minimum absolute atomic E-state index is 0.000252. The molecule has 28 heavy (non-hydrogen) atoms. The van der Waals surface area contributed by atoms with Gasteiger partial charge in [-0.15, -0.1) is 0 Å². The van der Waals surface area contributed by atoms with E-state index in [1.54, 1.807) is 24.4 Å². The van der Waals surface area contributed by atoms with Crippen LogP contribution in [0.25, 0.3) is 0 Å². The Morgan fingerprint density at radius 1 is 1.32 bits per heavy atom. The molecule has 1 aromatic rings. The fraction of sp³-hybridized carbons (Fsp3) is 0.619. The molecule has 0 bridgehead atoms. The molecule has 2 aliphatic rings. The van der Waals surface area contributed by atoms with Gasteiger partial charge in [-0.25, -0.2) is 0 Å². The normalized spacial score (nSPS) is 24.7. The Morgan fingerprint density at radius 3 is 2.71 bits per heavy atom. The van der Waals surface area contributed by atoms with E-state index in [0.717, 1.165) is 25.7 Å². The van der Waals surface area contributed by atoms with Crippen molar-refractivity contribution in [1.82, 2.24) is 15.6 Å². The lowest BCUT2D eigenvalue weighted by Gasteiger charge is -2.30. The summed E-state index contributed by atoms with van der Waals surface area (Å²) in [5.74, 6) is -0.842. The molecule has 7 heteroatoms. The molecule has 1 unspecified atom stereocenters. The first-order valence-corrected chi connectivity index (χ1v) is 10.1. The van der Waals surface area contributed by atoms with E-state index >= 15 is 0 Å². The Balaban J connectivity index is 1.74. The molecule has 2 amide bonds. The van der Waals surface area contributed by atoms with E-state index in [1.165, 1.54) is 0 Å². The van der Waals surface area contributed by atoms with Gasteiger partial charge in [0.2, 0.25) is 5.91 Å². The molecule has 1 aromatic heterocycles.